The number of nitrogens with zero attached hydrogens (tertiary/aromatic N) is 3. The Morgan fingerprint density at radius 1 is 1.11 bits per heavy atom. The van der Waals surface area contributed by atoms with Gasteiger partial charge in [-0.3, -0.25) is 4.79 Å². The highest BCUT2D eigenvalue weighted by Gasteiger charge is 2.28. The molecule has 2 N–H and O–H groups in total. The fraction of sp³-hybridized carbons (Fsp3) is 0.429. The third-order valence-electron chi connectivity index (χ3n) is 7.66. The van der Waals surface area contributed by atoms with Gasteiger partial charge in [0.1, 0.15) is 17.3 Å². The summed E-state index contributed by atoms with van der Waals surface area (Å²) in [7, 11) is 0. The van der Waals surface area contributed by atoms with Gasteiger partial charge in [-0.15, -0.1) is 0 Å². The lowest BCUT2D eigenvalue weighted by Gasteiger charge is -2.37. The topological polar surface area (TPSA) is 72.5 Å². The molecule has 0 spiro atoms. The molecule has 1 atom stereocenters. The van der Waals surface area contributed by atoms with Crippen molar-refractivity contribution in [2.24, 2.45) is 5.92 Å². The van der Waals surface area contributed by atoms with Crippen molar-refractivity contribution in [2.75, 3.05) is 32.7 Å². The number of pyridine rings is 1. The standard InChI is InChI=1S/C28H32F2N4O2/c29-22-14-21(15-23(30)16-22)26(35)7-13-33-9-5-20(6-10-33)27(36)18-34-11-3-19(4-12-34)25-17-32-28-24(25)2-1-8-31-28/h1-2,7-8,13-17,19-20,27,36H,3-6,9-12,18H2,(H,31,32). The number of likely N-dealkylation sites (tertiary alicyclic amines) is 2. The lowest BCUT2D eigenvalue weighted by molar-refractivity contribution is 0.0319. The van der Waals surface area contributed by atoms with Crippen molar-refractivity contribution in [3.8, 4) is 0 Å². The van der Waals surface area contributed by atoms with Gasteiger partial charge in [0.05, 0.1) is 6.10 Å². The molecule has 190 valence electrons. The number of fused-ring (bicyclic) bond motifs is 1. The van der Waals surface area contributed by atoms with E-state index in [4.69, 9.17) is 0 Å². The maximum atomic E-state index is 13.4. The Morgan fingerprint density at radius 3 is 2.56 bits per heavy atom. The number of nitrogens with one attached hydrogen (secondary N) is 1. The number of β-amino-alcohol motifs (C(OH)–C–C–N with tert-alkyl or cyclic N) is 1. The zero-order valence-corrected chi connectivity index (χ0v) is 20.2. The number of aromatic nitrogens is 2. The first-order valence-corrected chi connectivity index (χ1v) is 12.7. The first-order chi connectivity index (χ1) is 17.5. The van der Waals surface area contributed by atoms with Gasteiger partial charge in [-0.25, -0.2) is 13.8 Å². The van der Waals surface area contributed by atoms with E-state index in [1.54, 1.807) is 6.20 Å². The summed E-state index contributed by atoms with van der Waals surface area (Å²) in [4.78, 5) is 24.3. The number of rotatable bonds is 7. The van der Waals surface area contributed by atoms with Gasteiger partial charge in [0.25, 0.3) is 0 Å². The van der Waals surface area contributed by atoms with Gasteiger partial charge in [0, 0.05) is 61.3 Å². The van der Waals surface area contributed by atoms with Crippen LogP contribution in [-0.2, 0) is 0 Å². The molecule has 8 heteroatoms. The molecule has 3 aromatic rings. The first-order valence-electron chi connectivity index (χ1n) is 12.7. The summed E-state index contributed by atoms with van der Waals surface area (Å²) in [5.41, 5.74) is 2.29. The molecule has 2 aliphatic heterocycles. The van der Waals surface area contributed by atoms with Gasteiger partial charge >= 0.3 is 0 Å². The van der Waals surface area contributed by atoms with E-state index in [0.29, 0.717) is 12.5 Å². The van der Waals surface area contributed by atoms with Crippen molar-refractivity contribution in [1.29, 1.82) is 0 Å². The summed E-state index contributed by atoms with van der Waals surface area (Å²) in [6, 6.07) is 6.94. The maximum Gasteiger partial charge on any atom is 0.187 e. The van der Waals surface area contributed by atoms with Crippen LogP contribution >= 0.6 is 0 Å². The van der Waals surface area contributed by atoms with Gasteiger partial charge in [-0.05, 0) is 80.4 Å². The minimum Gasteiger partial charge on any atom is -0.392 e. The average molecular weight is 495 g/mol. The second-order valence-corrected chi connectivity index (χ2v) is 10.00. The molecule has 2 saturated heterocycles. The smallest absolute Gasteiger partial charge is 0.187 e. The van der Waals surface area contributed by atoms with Gasteiger partial charge in [0.15, 0.2) is 5.78 Å². The Hall–Kier alpha value is -3.10. The molecule has 6 nitrogen and oxygen atoms in total. The molecule has 2 aromatic heterocycles. The summed E-state index contributed by atoms with van der Waals surface area (Å²) in [6.45, 7) is 4.10. The average Bonchev–Trinajstić information content (AvgIpc) is 3.32. The predicted molar refractivity (Wildman–Crippen MR) is 135 cm³/mol. The van der Waals surface area contributed by atoms with Crippen LogP contribution in [0.4, 0.5) is 8.78 Å². The third-order valence-corrected chi connectivity index (χ3v) is 7.66. The molecule has 4 heterocycles. The fourth-order valence-corrected chi connectivity index (χ4v) is 5.57. The van der Waals surface area contributed by atoms with Crippen LogP contribution in [0.5, 0.6) is 0 Å². The highest BCUT2D eigenvalue weighted by molar-refractivity contribution is 6.04. The van der Waals surface area contributed by atoms with Gasteiger partial charge < -0.3 is 19.9 Å². The predicted octanol–water partition coefficient (Wildman–Crippen LogP) is 4.49. The molecule has 5 rings (SSSR count). The summed E-state index contributed by atoms with van der Waals surface area (Å²) in [5.74, 6) is -1.22. The zero-order chi connectivity index (χ0) is 25.1. The molecular formula is C28H32F2N4O2. The SMILES string of the molecule is O=C(C=CN1CCC(C(O)CN2CCC(c3c[nH]c4ncccc34)CC2)CC1)c1cc(F)cc(F)c1. The lowest BCUT2D eigenvalue weighted by atomic mass is 9.88. The van der Waals surface area contributed by atoms with E-state index >= 15 is 0 Å². The molecule has 0 aliphatic carbocycles. The van der Waals surface area contributed by atoms with Crippen molar-refractivity contribution < 1.29 is 18.7 Å². The fourth-order valence-electron chi connectivity index (χ4n) is 5.57. The highest BCUT2D eigenvalue weighted by Crippen LogP contribution is 2.33. The highest BCUT2D eigenvalue weighted by atomic mass is 19.1. The number of halogens is 2. The number of carbonyl (C=O) groups is 1. The molecule has 2 fully saturated rings. The number of H-pyrrole nitrogens is 1. The molecule has 0 bridgehead atoms. The van der Waals surface area contributed by atoms with Crippen molar-refractivity contribution >= 4 is 16.8 Å². The number of piperidine rings is 2. The van der Waals surface area contributed by atoms with Crippen molar-refractivity contribution in [1.82, 2.24) is 19.8 Å². The summed E-state index contributed by atoms with van der Waals surface area (Å²) >= 11 is 0. The third kappa shape index (κ3) is 5.65. The van der Waals surface area contributed by atoms with Crippen molar-refractivity contribution in [3.63, 3.8) is 0 Å². The Labute approximate surface area is 209 Å². The van der Waals surface area contributed by atoms with Crippen molar-refractivity contribution in [3.05, 3.63) is 77.8 Å². The molecule has 1 unspecified atom stereocenters. The minimum absolute atomic E-state index is 0.000751. The number of carbonyl (C=O) groups excluding carboxylic acids is 1. The molecular weight excluding hydrogens is 462 g/mol. The number of aliphatic hydroxyl groups is 1. The van der Waals surface area contributed by atoms with E-state index in [1.807, 2.05) is 17.2 Å². The maximum absolute atomic E-state index is 13.4. The monoisotopic (exact) mass is 494 g/mol. The van der Waals surface area contributed by atoms with E-state index < -0.39 is 17.4 Å². The quantitative estimate of drug-likeness (QED) is 0.374. The zero-order valence-electron chi connectivity index (χ0n) is 20.2. The van der Waals surface area contributed by atoms with Gasteiger partial charge in [0.2, 0.25) is 0 Å². The Bertz CT molecular complexity index is 1210. The Kier molecular flexibility index (Phi) is 7.43. The number of hydrogen-bond acceptors (Lipinski definition) is 5. The first kappa shape index (κ1) is 24.6. The molecule has 0 amide bonds. The second kappa shape index (κ2) is 10.9. The van der Waals surface area contributed by atoms with Gasteiger partial charge in [-0.2, -0.15) is 0 Å². The summed E-state index contributed by atoms with van der Waals surface area (Å²) < 4.78 is 26.7. The normalized spacial score (nSPS) is 19.4. The lowest BCUT2D eigenvalue weighted by Crippen LogP contribution is -2.43. The minimum atomic E-state index is -0.763. The number of benzene rings is 1. The van der Waals surface area contributed by atoms with Crippen LogP contribution in [0.3, 0.4) is 0 Å². The van der Waals surface area contributed by atoms with E-state index in [9.17, 15) is 18.7 Å². The number of hydrogen-bond donors (Lipinski definition) is 2. The van der Waals surface area contributed by atoms with Crippen molar-refractivity contribution in [2.45, 2.75) is 37.7 Å². The number of aliphatic hydroxyl groups excluding tert-OH is 1. The van der Waals surface area contributed by atoms with E-state index in [-0.39, 0.29) is 17.6 Å². The van der Waals surface area contributed by atoms with E-state index in [0.717, 1.165) is 75.7 Å². The van der Waals surface area contributed by atoms with E-state index in [1.165, 1.54) is 17.0 Å². The van der Waals surface area contributed by atoms with E-state index in [2.05, 4.69) is 27.1 Å². The van der Waals surface area contributed by atoms with Gasteiger partial charge in [-0.1, -0.05) is 0 Å². The molecule has 1 aromatic carbocycles. The second-order valence-electron chi connectivity index (χ2n) is 10.00. The Morgan fingerprint density at radius 2 is 1.83 bits per heavy atom. The number of ketones is 1. The molecule has 2 aliphatic rings. The van der Waals surface area contributed by atoms with Crippen LogP contribution in [0.1, 0.15) is 47.5 Å². The summed E-state index contributed by atoms with van der Waals surface area (Å²) in [5, 5.41) is 12.1. The van der Waals surface area contributed by atoms with Crippen LogP contribution in [0, 0.1) is 17.6 Å². The van der Waals surface area contributed by atoms with Crippen LogP contribution in [-0.4, -0.2) is 69.5 Å². The number of allylic oxidation sites excluding steroid dienone is 1. The van der Waals surface area contributed by atoms with Crippen LogP contribution < -0.4 is 0 Å². The Balaban J connectivity index is 1.06. The molecule has 36 heavy (non-hydrogen) atoms. The summed E-state index contributed by atoms with van der Waals surface area (Å²) in [6.07, 6.45) is 10.4. The molecule has 0 saturated carbocycles. The van der Waals surface area contributed by atoms with Crippen LogP contribution in [0.25, 0.3) is 11.0 Å². The van der Waals surface area contributed by atoms with Crippen LogP contribution in [0.15, 0.2) is 55.0 Å². The van der Waals surface area contributed by atoms with Crippen LogP contribution in [0.2, 0.25) is 0 Å². The molecule has 0 radical (unpaired) electrons. The largest absolute Gasteiger partial charge is 0.392 e. The number of aromatic amines is 1.